The van der Waals surface area contributed by atoms with Crippen LogP contribution in [0.15, 0.2) is 24.3 Å². The van der Waals surface area contributed by atoms with Crippen molar-refractivity contribution >= 4 is 30.1 Å². The standard InChI is InChI=1S/C15H22N2OS.ClH/c1-3-19-11-13-4-6-14(7-5-13)15(18)17-9-8-16-10-12(17)2;/h4-7,12,16H,3,8-11H2,1-2H3;1H/t12-;/m1./s1. The van der Waals surface area contributed by atoms with Gasteiger partial charge in [-0.05, 0) is 30.4 Å². The molecular formula is C15H23ClN2OS. The second-order valence-corrected chi connectivity index (χ2v) is 6.16. The van der Waals surface area contributed by atoms with E-state index in [0.717, 1.165) is 36.7 Å². The molecule has 0 spiro atoms. The Bertz CT molecular complexity index is 424. The van der Waals surface area contributed by atoms with E-state index in [1.165, 1.54) is 5.56 Å². The molecule has 0 aliphatic carbocycles. The van der Waals surface area contributed by atoms with Crippen LogP contribution in [0.25, 0.3) is 0 Å². The Kier molecular flexibility index (Phi) is 7.41. The van der Waals surface area contributed by atoms with E-state index in [1.54, 1.807) is 0 Å². The summed E-state index contributed by atoms with van der Waals surface area (Å²) in [5.41, 5.74) is 2.09. The summed E-state index contributed by atoms with van der Waals surface area (Å²) in [5, 5.41) is 3.31. The number of nitrogens with zero attached hydrogens (tertiary/aromatic N) is 1. The first-order chi connectivity index (χ1) is 9.22. The van der Waals surface area contributed by atoms with Crippen molar-refractivity contribution in [1.29, 1.82) is 0 Å². The van der Waals surface area contributed by atoms with E-state index in [0.29, 0.717) is 0 Å². The summed E-state index contributed by atoms with van der Waals surface area (Å²) in [6, 6.07) is 8.34. The van der Waals surface area contributed by atoms with Crippen LogP contribution in [0.2, 0.25) is 0 Å². The molecule has 0 radical (unpaired) electrons. The van der Waals surface area contributed by atoms with Crippen LogP contribution in [-0.2, 0) is 5.75 Å². The summed E-state index contributed by atoms with van der Waals surface area (Å²) < 4.78 is 0. The van der Waals surface area contributed by atoms with Gasteiger partial charge in [0, 0.05) is 37.0 Å². The first-order valence-electron chi connectivity index (χ1n) is 6.90. The average molecular weight is 315 g/mol. The van der Waals surface area contributed by atoms with E-state index < -0.39 is 0 Å². The van der Waals surface area contributed by atoms with E-state index in [9.17, 15) is 4.79 Å². The predicted octanol–water partition coefficient (Wildman–Crippen LogP) is 2.80. The Labute approximate surface area is 131 Å². The van der Waals surface area contributed by atoms with Gasteiger partial charge < -0.3 is 10.2 Å². The van der Waals surface area contributed by atoms with Gasteiger partial charge in [-0.15, -0.1) is 12.4 Å². The lowest BCUT2D eigenvalue weighted by atomic mass is 10.1. The number of nitrogens with one attached hydrogen (secondary N) is 1. The monoisotopic (exact) mass is 314 g/mol. The van der Waals surface area contributed by atoms with Crippen LogP contribution in [0.1, 0.15) is 29.8 Å². The highest BCUT2D eigenvalue weighted by atomic mass is 35.5. The number of benzene rings is 1. The van der Waals surface area contributed by atoms with Crippen LogP contribution >= 0.6 is 24.2 Å². The maximum atomic E-state index is 12.4. The Hall–Kier alpha value is -0.710. The summed E-state index contributed by atoms with van der Waals surface area (Å²) in [7, 11) is 0. The minimum atomic E-state index is 0. The maximum Gasteiger partial charge on any atom is 0.254 e. The van der Waals surface area contributed by atoms with E-state index >= 15 is 0 Å². The highest BCUT2D eigenvalue weighted by Gasteiger charge is 2.23. The van der Waals surface area contributed by atoms with Gasteiger partial charge in [0.1, 0.15) is 0 Å². The van der Waals surface area contributed by atoms with Gasteiger partial charge in [-0.25, -0.2) is 0 Å². The SMILES string of the molecule is CCSCc1ccc(C(=O)N2CCNC[C@H]2C)cc1.Cl. The number of thioether (sulfide) groups is 1. The first-order valence-corrected chi connectivity index (χ1v) is 8.06. The summed E-state index contributed by atoms with van der Waals surface area (Å²) >= 11 is 1.90. The minimum absolute atomic E-state index is 0. The fraction of sp³-hybridized carbons (Fsp3) is 0.533. The summed E-state index contributed by atoms with van der Waals surface area (Å²) in [4.78, 5) is 14.4. The third-order valence-corrected chi connectivity index (χ3v) is 4.38. The van der Waals surface area contributed by atoms with Gasteiger partial charge in [-0.1, -0.05) is 19.1 Å². The molecule has 1 amide bonds. The highest BCUT2D eigenvalue weighted by molar-refractivity contribution is 7.98. The largest absolute Gasteiger partial charge is 0.333 e. The summed E-state index contributed by atoms with van der Waals surface area (Å²) in [5.74, 6) is 2.30. The molecule has 1 aromatic carbocycles. The summed E-state index contributed by atoms with van der Waals surface area (Å²) in [6.07, 6.45) is 0. The summed E-state index contributed by atoms with van der Waals surface area (Å²) in [6.45, 7) is 6.83. The van der Waals surface area contributed by atoms with Gasteiger partial charge in [0.2, 0.25) is 0 Å². The number of rotatable bonds is 4. The van der Waals surface area contributed by atoms with Crippen molar-refractivity contribution in [2.24, 2.45) is 0 Å². The van der Waals surface area contributed by atoms with E-state index in [4.69, 9.17) is 0 Å². The van der Waals surface area contributed by atoms with Gasteiger partial charge in [-0.2, -0.15) is 11.8 Å². The minimum Gasteiger partial charge on any atom is -0.333 e. The number of piperazine rings is 1. The van der Waals surface area contributed by atoms with Crippen LogP contribution in [0.3, 0.4) is 0 Å². The van der Waals surface area contributed by atoms with Crippen molar-refractivity contribution < 1.29 is 4.79 Å². The molecule has 1 atom stereocenters. The molecule has 112 valence electrons. The van der Waals surface area contributed by atoms with Crippen LogP contribution < -0.4 is 5.32 Å². The Balaban J connectivity index is 0.00000200. The van der Waals surface area contributed by atoms with Crippen molar-refractivity contribution in [2.45, 2.75) is 25.6 Å². The molecule has 0 aromatic heterocycles. The number of hydrogen-bond acceptors (Lipinski definition) is 3. The first kappa shape index (κ1) is 17.3. The Morgan fingerprint density at radius 1 is 1.40 bits per heavy atom. The fourth-order valence-electron chi connectivity index (χ4n) is 2.27. The zero-order valence-corrected chi connectivity index (χ0v) is 13.7. The van der Waals surface area contributed by atoms with E-state index in [1.807, 2.05) is 28.8 Å². The molecule has 1 aliphatic rings. The van der Waals surface area contributed by atoms with Crippen LogP contribution in [0, 0.1) is 0 Å². The molecule has 2 rings (SSSR count). The number of carbonyl (C=O) groups is 1. The third kappa shape index (κ3) is 4.40. The van der Waals surface area contributed by atoms with Crippen LogP contribution in [0.4, 0.5) is 0 Å². The van der Waals surface area contributed by atoms with Gasteiger partial charge >= 0.3 is 0 Å². The van der Waals surface area contributed by atoms with Crippen molar-refractivity contribution in [3.63, 3.8) is 0 Å². The molecule has 20 heavy (non-hydrogen) atoms. The quantitative estimate of drug-likeness (QED) is 0.927. The topological polar surface area (TPSA) is 32.3 Å². The number of halogens is 1. The third-order valence-electron chi connectivity index (χ3n) is 3.44. The van der Waals surface area contributed by atoms with Crippen molar-refractivity contribution in [3.05, 3.63) is 35.4 Å². The molecule has 0 saturated carbocycles. The number of carbonyl (C=O) groups excluding carboxylic acids is 1. The lowest BCUT2D eigenvalue weighted by molar-refractivity contribution is 0.0656. The lowest BCUT2D eigenvalue weighted by Gasteiger charge is -2.34. The molecule has 1 fully saturated rings. The zero-order valence-electron chi connectivity index (χ0n) is 12.1. The molecule has 1 aromatic rings. The molecule has 1 N–H and O–H groups in total. The predicted molar refractivity (Wildman–Crippen MR) is 88.9 cm³/mol. The van der Waals surface area contributed by atoms with Crippen LogP contribution in [0.5, 0.6) is 0 Å². The maximum absolute atomic E-state index is 12.4. The molecule has 0 bridgehead atoms. The smallest absolute Gasteiger partial charge is 0.254 e. The second kappa shape index (κ2) is 8.55. The zero-order chi connectivity index (χ0) is 13.7. The molecule has 0 unspecified atom stereocenters. The Morgan fingerprint density at radius 3 is 2.70 bits per heavy atom. The van der Waals surface area contributed by atoms with Gasteiger partial charge in [0.05, 0.1) is 0 Å². The lowest BCUT2D eigenvalue weighted by Crippen LogP contribution is -2.52. The van der Waals surface area contributed by atoms with E-state index in [-0.39, 0.29) is 24.4 Å². The highest BCUT2D eigenvalue weighted by Crippen LogP contribution is 2.15. The molecular weight excluding hydrogens is 292 g/mol. The molecule has 1 saturated heterocycles. The fourth-order valence-corrected chi connectivity index (χ4v) is 2.90. The van der Waals surface area contributed by atoms with Gasteiger partial charge in [0.25, 0.3) is 5.91 Å². The number of hydrogen-bond donors (Lipinski definition) is 1. The van der Waals surface area contributed by atoms with Crippen molar-refractivity contribution in [1.82, 2.24) is 10.2 Å². The van der Waals surface area contributed by atoms with Crippen molar-refractivity contribution in [3.8, 4) is 0 Å². The molecule has 3 nitrogen and oxygen atoms in total. The number of amides is 1. The molecule has 1 heterocycles. The van der Waals surface area contributed by atoms with Crippen LogP contribution in [-0.4, -0.2) is 42.2 Å². The average Bonchev–Trinajstić information content (AvgIpc) is 2.45. The van der Waals surface area contributed by atoms with Gasteiger partial charge in [0.15, 0.2) is 0 Å². The van der Waals surface area contributed by atoms with Crippen molar-refractivity contribution in [2.75, 3.05) is 25.4 Å². The second-order valence-electron chi connectivity index (χ2n) is 4.89. The van der Waals surface area contributed by atoms with E-state index in [2.05, 4.69) is 31.3 Å². The van der Waals surface area contributed by atoms with Gasteiger partial charge in [-0.3, -0.25) is 4.79 Å². The Morgan fingerprint density at radius 2 is 2.10 bits per heavy atom. The molecule has 1 aliphatic heterocycles. The normalized spacial score (nSPS) is 18.5. The molecule has 5 heteroatoms.